The Morgan fingerprint density at radius 2 is 2.05 bits per heavy atom. The van der Waals surface area contributed by atoms with Crippen molar-refractivity contribution in [3.05, 3.63) is 68.5 Å². The molecule has 0 unspecified atom stereocenters. The van der Waals surface area contributed by atoms with Crippen LogP contribution in [-0.4, -0.2) is 14.8 Å². The monoisotopic (exact) mass is 283 g/mol. The molecule has 3 aromatic rings. The fourth-order valence-corrected chi connectivity index (χ4v) is 2.46. The number of nitrogens with zero attached hydrogens (tertiary/aromatic N) is 2. The molecule has 0 atom stereocenters. The number of hydrogen-bond acceptors (Lipinski definition) is 3. The van der Waals surface area contributed by atoms with E-state index in [9.17, 15) is 4.79 Å². The Hall–Kier alpha value is -2.40. The standard InChI is InChI=1S/C15H13N3OS/c1-11-16-13(10-20-11)8-7-12-9-18(17-15(12)19)14-5-3-2-4-6-14/h2-10H,1H3,(H,17,19). The van der Waals surface area contributed by atoms with Gasteiger partial charge in [-0.2, -0.15) is 0 Å². The molecule has 0 aliphatic rings. The number of thiazole rings is 1. The normalized spacial score (nSPS) is 11.2. The van der Waals surface area contributed by atoms with Gasteiger partial charge in [-0.1, -0.05) is 18.2 Å². The molecule has 0 fully saturated rings. The Kier molecular flexibility index (Phi) is 3.35. The second-order valence-corrected chi connectivity index (χ2v) is 5.42. The summed E-state index contributed by atoms with van der Waals surface area (Å²) >= 11 is 1.59. The van der Waals surface area contributed by atoms with Crippen molar-refractivity contribution in [2.24, 2.45) is 0 Å². The van der Waals surface area contributed by atoms with E-state index in [1.54, 1.807) is 28.3 Å². The smallest absolute Gasteiger partial charge is 0.267 e. The summed E-state index contributed by atoms with van der Waals surface area (Å²) in [6, 6.07) is 9.68. The molecule has 0 spiro atoms. The second-order valence-electron chi connectivity index (χ2n) is 4.36. The summed E-state index contributed by atoms with van der Waals surface area (Å²) in [5, 5.41) is 5.78. The number of aromatic amines is 1. The maximum Gasteiger partial charge on any atom is 0.271 e. The van der Waals surface area contributed by atoms with Crippen molar-refractivity contribution in [2.45, 2.75) is 6.92 Å². The van der Waals surface area contributed by atoms with Crippen LogP contribution in [0.3, 0.4) is 0 Å². The predicted octanol–water partition coefficient (Wildman–Crippen LogP) is 3.10. The first kappa shape index (κ1) is 12.6. The van der Waals surface area contributed by atoms with E-state index >= 15 is 0 Å². The zero-order valence-electron chi connectivity index (χ0n) is 10.9. The highest BCUT2D eigenvalue weighted by atomic mass is 32.1. The summed E-state index contributed by atoms with van der Waals surface area (Å²) in [7, 11) is 0. The van der Waals surface area contributed by atoms with E-state index < -0.39 is 0 Å². The third-order valence-corrected chi connectivity index (χ3v) is 3.65. The highest BCUT2D eigenvalue weighted by Gasteiger charge is 2.02. The molecule has 4 nitrogen and oxygen atoms in total. The molecule has 1 N–H and O–H groups in total. The highest BCUT2D eigenvalue weighted by Crippen LogP contribution is 2.11. The molecule has 0 radical (unpaired) electrons. The minimum atomic E-state index is -0.114. The first-order valence-corrected chi connectivity index (χ1v) is 7.07. The van der Waals surface area contributed by atoms with Crippen molar-refractivity contribution in [3.8, 4) is 5.69 Å². The molecule has 0 aliphatic heterocycles. The lowest BCUT2D eigenvalue weighted by molar-refractivity contribution is 0.864. The van der Waals surface area contributed by atoms with Crippen LogP contribution >= 0.6 is 11.3 Å². The van der Waals surface area contributed by atoms with Crippen molar-refractivity contribution < 1.29 is 0 Å². The van der Waals surface area contributed by atoms with Crippen LogP contribution in [0.4, 0.5) is 0 Å². The molecule has 2 heterocycles. The number of para-hydroxylation sites is 1. The lowest BCUT2D eigenvalue weighted by Gasteiger charge is -1.99. The number of nitrogens with one attached hydrogen (secondary N) is 1. The predicted molar refractivity (Wildman–Crippen MR) is 82.2 cm³/mol. The average Bonchev–Trinajstić information content (AvgIpc) is 3.04. The number of aryl methyl sites for hydroxylation is 1. The first-order valence-electron chi connectivity index (χ1n) is 6.20. The molecule has 0 aliphatic carbocycles. The Bertz CT molecular complexity index is 796. The Balaban J connectivity index is 1.90. The molecule has 0 amide bonds. The molecule has 5 heteroatoms. The molecule has 1 aromatic carbocycles. The molecular formula is C15H13N3OS. The van der Waals surface area contributed by atoms with Crippen molar-refractivity contribution in [2.75, 3.05) is 0 Å². The molecule has 20 heavy (non-hydrogen) atoms. The van der Waals surface area contributed by atoms with Gasteiger partial charge in [0.2, 0.25) is 0 Å². The van der Waals surface area contributed by atoms with Crippen LogP contribution in [0.25, 0.3) is 17.8 Å². The van der Waals surface area contributed by atoms with Gasteiger partial charge < -0.3 is 0 Å². The van der Waals surface area contributed by atoms with Gasteiger partial charge in [-0.15, -0.1) is 11.3 Å². The van der Waals surface area contributed by atoms with Gasteiger partial charge in [-0.3, -0.25) is 14.6 Å². The van der Waals surface area contributed by atoms with Crippen LogP contribution in [0, 0.1) is 6.92 Å². The van der Waals surface area contributed by atoms with Gasteiger partial charge in [-0.05, 0) is 31.2 Å². The largest absolute Gasteiger partial charge is 0.271 e. The number of rotatable bonds is 3. The summed E-state index contributed by atoms with van der Waals surface area (Å²) in [6.45, 7) is 1.96. The quantitative estimate of drug-likeness (QED) is 0.803. The van der Waals surface area contributed by atoms with Crippen molar-refractivity contribution in [1.29, 1.82) is 0 Å². The molecule has 0 saturated heterocycles. The topological polar surface area (TPSA) is 50.7 Å². The van der Waals surface area contributed by atoms with Crippen LogP contribution in [0.5, 0.6) is 0 Å². The van der Waals surface area contributed by atoms with Gasteiger partial charge in [-0.25, -0.2) is 4.98 Å². The van der Waals surface area contributed by atoms with Gasteiger partial charge >= 0.3 is 0 Å². The molecule has 0 bridgehead atoms. The maximum absolute atomic E-state index is 11.9. The van der Waals surface area contributed by atoms with Gasteiger partial charge in [0.25, 0.3) is 5.56 Å². The zero-order chi connectivity index (χ0) is 13.9. The number of benzene rings is 1. The van der Waals surface area contributed by atoms with E-state index in [1.165, 1.54) is 0 Å². The highest BCUT2D eigenvalue weighted by molar-refractivity contribution is 7.09. The van der Waals surface area contributed by atoms with Gasteiger partial charge in [0, 0.05) is 11.6 Å². The van der Waals surface area contributed by atoms with Crippen LogP contribution < -0.4 is 5.56 Å². The van der Waals surface area contributed by atoms with E-state index in [-0.39, 0.29) is 5.56 Å². The average molecular weight is 283 g/mol. The zero-order valence-corrected chi connectivity index (χ0v) is 11.7. The van der Waals surface area contributed by atoms with E-state index in [4.69, 9.17) is 0 Å². The second kappa shape index (κ2) is 5.30. The van der Waals surface area contributed by atoms with Crippen molar-refractivity contribution in [1.82, 2.24) is 14.8 Å². The van der Waals surface area contributed by atoms with Crippen LogP contribution in [0.15, 0.2) is 46.7 Å². The van der Waals surface area contributed by atoms with Gasteiger partial charge in [0.15, 0.2) is 0 Å². The SMILES string of the molecule is Cc1nc(C=Cc2cn(-c3ccccc3)[nH]c2=O)cs1. The molecular weight excluding hydrogens is 270 g/mol. The summed E-state index contributed by atoms with van der Waals surface area (Å²) in [5.74, 6) is 0. The summed E-state index contributed by atoms with van der Waals surface area (Å²) in [4.78, 5) is 16.2. The molecule has 3 rings (SSSR count). The number of hydrogen-bond donors (Lipinski definition) is 1. The van der Waals surface area contributed by atoms with Crippen molar-refractivity contribution >= 4 is 23.5 Å². The molecule has 2 aromatic heterocycles. The third kappa shape index (κ3) is 2.62. The number of H-pyrrole nitrogens is 1. The van der Waals surface area contributed by atoms with E-state index in [2.05, 4.69) is 10.1 Å². The molecule has 0 saturated carbocycles. The van der Waals surface area contributed by atoms with Gasteiger partial charge in [0.1, 0.15) is 0 Å². The van der Waals surface area contributed by atoms with E-state index in [0.29, 0.717) is 5.56 Å². The lowest BCUT2D eigenvalue weighted by atomic mass is 10.3. The van der Waals surface area contributed by atoms with Crippen molar-refractivity contribution in [3.63, 3.8) is 0 Å². The summed E-state index contributed by atoms with van der Waals surface area (Å²) in [5.41, 5.74) is 2.30. The van der Waals surface area contributed by atoms with Gasteiger partial charge in [0.05, 0.1) is 22.0 Å². The van der Waals surface area contributed by atoms with Crippen LogP contribution in [-0.2, 0) is 0 Å². The summed E-state index contributed by atoms with van der Waals surface area (Å²) < 4.78 is 1.72. The molecule has 100 valence electrons. The number of aromatic nitrogens is 3. The minimum Gasteiger partial charge on any atom is -0.267 e. The van der Waals surface area contributed by atoms with E-state index in [0.717, 1.165) is 16.4 Å². The Labute approximate surface area is 120 Å². The minimum absolute atomic E-state index is 0.114. The van der Waals surface area contributed by atoms with E-state index in [1.807, 2.05) is 48.7 Å². The summed E-state index contributed by atoms with van der Waals surface area (Å²) in [6.07, 6.45) is 5.42. The fourth-order valence-electron chi connectivity index (χ4n) is 1.88. The Morgan fingerprint density at radius 3 is 2.75 bits per heavy atom. The fraction of sp³-hybridized carbons (Fsp3) is 0.0667. The van der Waals surface area contributed by atoms with Crippen LogP contribution in [0.2, 0.25) is 0 Å². The Morgan fingerprint density at radius 1 is 1.25 bits per heavy atom. The maximum atomic E-state index is 11.9. The first-order chi connectivity index (χ1) is 9.72. The lowest BCUT2D eigenvalue weighted by Crippen LogP contribution is -2.04. The third-order valence-electron chi connectivity index (χ3n) is 2.86. The van der Waals surface area contributed by atoms with Crippen LogP contribution in [0.1, 0.15) is 16.3 Å².